The molecule has 1 aliphatic heterocycles. The maximum atomic E-state index is 5.08. The largest absolute Gasteiger partial charge is 0.354 e. The van der Waals surface area contributed by atoms with Gasteiger partial charge >= 0.3 is 0 Å². The fourth-order valence-electron chi connectivity index (χ4n) is 4.96. The van der Waals surface area contributed by atoms with Crippen LogP contribution in [-0.2, 0) is 5.41 Å². The van der Waals surface area contributed by atoms with Gasteiger partial charge in [-0.1, -0.05) is 63.9 Å². The van der Waals surface area contributed by atoms with Crippen molar-refractivity contribution in [2.24, 2.45) is 0 Å². The third-order valence-electron chi connectivity index (χ3n) is 6.79. The molecular weight excluding hydrogens is 370 g/mol. The number of hydrogen-bond donors (Lipinski definition) is 0. The Morgan fingerprint density at radius 3 is 2.30 bits per heavy atom. The van der Waals surface area contributed by atoms with Crippen LogP contribution in [0.4, 0.5) is 5.82 Å². The number of hydrogen-bond acceptors (Lipinski definition) is 4. The molecule has 1 aromatic carbocycles. The third kappa shape index (κ3) is 3.60. The monoisotopic (exact) mass is 403 g/mol. The van der Waals surface area contributed by atoms with E-state index in [0.717, 1.165) is 49.1 Å². The van der Waals surface area contributed by atoms with Crippen molar-refractivity contribution in [3.63, 3.8) is 0 Å². The lowest BCUT2D eigenvalue weighted by atomic mass is 9.91. The van der Waals surface area contributed by atoms with Gasteiger partial charge in [-0.3, -0.25) is 4.90 Å². The zero-order valence-corrected chi connectivity index (χ0v) is 18.5. The summed E-state index contributed by atoms with van der Waals surface area (Å²) < 4.78 is 2.06. The summed E-state index contributed by atoms with van der Waals surface area (Å²) in [5, 5.41) is 4.79. The fourth-order valence-corrected chi connectivity index (χ4v) is 4.96. The molecule has 1 aliphatic carbocycles. The molecule has 5 rings (SSSR count). The predicted octanol–water partition coefficient (Wildman–Crippen LogP) is 4.76. The summed E-state index contributed by atoms with van der Waals surface area (Å²) in [6, 6.07) is 13.6. The number of nitrogens with zero attached hydrogens (tertiary/aromatic N) is 5. The minimum atomic E-state index is -0.0135. The van der Waals surface area contributed by atoms with Crippen LogP contribution in [-0.4, -0.2) is 51.7 Å². The number of anilines is 1. The fraction of sp³-hybridized carbons (Fsp3) is 0.520. The second-order valence-corrected chi connectivity index (χ2v) is 9.87. The van der Waals surface area contributed by atoms with Gasteiger partial charge < -0.3 is 4.90 Å². The van der Waals surface area contributed by atoms with Crippen LogP contribution in [0, 0.1) is 0 Å². The molecule has 0 atom stereocenters. The van der Waals surface area contributed by atoms with Crippen LogP contribution >= 0.6 is 0 Å². The molecule has 0 unspecified atom stereocenters. The maximum absolute atomic E-state index is 5.08. The van der Waals surface area contributed by atoms with Gasteiger partial charge in [-0.25, -0.2) is 4.98 Å². The Labute approximate surface area is 179 Å². The Balaban J connectivity index is 1.52. The molecule has 2 fully saturated rings. The van der Waals surface area contributed by atoms with Crippen LogP contribution in [0.5, 0.6) is 0 Å². The summed E-state index contributed by atoms with van der Waals surface area (Å²) in [7, 11) is 0. The molecule has 0 amide bonds. The van der Waals surface area contributed by atoms with Crippen molar-refractivity contribution in [1.29, 1.82) is 0 Å². The topological polar surface area (TPSA) is 36.7 Å². The van der Waals surface area contributed by atoms with E-state index in [1.807, 2.05) is 6.20 Å². The first kappa shape index (κ1) is 19.6. The summed E-state index contributed by atoms with van der Waals surface area (Å²) in [4.78, 5) is 10.3. The molecule has 2 aromatic heterocycles. The number of fused-ring (bicyclic) bond motifs is 1. The molecule has 3 heterocycles. The Kier molecular flexibility index (Phi) is 5.02. The number of benzene rings is 1. The molecular formula is C25H33N5. The molecule has 1 saturated heterocycles. The quantitative estimate of drug-likeness (QED) is 0.632. The molecule has 30 heavy (non-hydrogen) atoms. The Bertz CT molecular complexity index is 1000. The predicted molar refractivity (Wildman–Crippen MR) is 123 cm³/mol. The van der Waals surface area contributed by atoms with E-state index in [1.54, 1.807) is 0 Å². The highest BCUT2D eigenvalue weighted by Crippen LogP contribution is 2.32. The lowest BCUT2D eigenvalue weighted by molar-refractivity contribution is 0.187. The van der Waals surface area contributed by atoms with E-state index >= 15 is 0 Å². The molecule has 0 radical (unpaired) electrons. The first-order valence-electron chi connectivity index (χ1n) is 11.4. The highest BCUT2D eigenvalue weighted by molar-refractivity contribution is 5.78. The average molecular weight is 404 g/mol. The van der Waals surface area contributed by atoms with E-state index in [0.29, 0.717) is 0 Å². The van der Waals surface area contributed by atoms with Gasteiger partial charge in [0.25, 0.3) is 0 Å². The van der Waals surface area contributed by atoms with Crippen molar-refractivity contribution in [3.8, 4) is 11.1 Å². The molecule has 5 heteroatoms. The van der Waals surface area contributed by atoms with Gasteiger partial charge in [0.05, 0.1) is 11.9 Å². The summed E-state index contributed by atoms with van der Waals surface area (Å²) in [5.74, 6) is 1.18. The van der Waals surface area contributed by atoms with Gasteiger partial charge in [-0.15, -0.1) is 0 Å². The standard InChI is InChI=1S/C25H33N5/c1-25(2,3)22-17-23(29-15-13-28(14-16-29)20-11-7-8-12-20)30-24(27-22)21(18-26-30)19-9-5-4-6-10-19/h4-6,9-10,17-18,20H,7-8,11-16H2,1-3H3. The van der Waals surface area contributed by atoms with Crippen molar-refractivity contribution >= 4 is 11.5 Å². The summed E-state index contributed by atoms with van der Waals surface area (Å²) in [6.07, 6.45) is 7.55. The highest BCUT2D eigenvalue weighted by Gasteiger charge is 2.28. The lowest BCUT2D eigenvalue weighted by Crippen LogP contribution is -2.50. The number of aromatic nitrogens is 3. The molecule has 0 spiro atoms. The van der Waals surface area contributed by atoms with Crippen LogP contribution in [0.15, 0.2) is 42.6 Å². The third-order valence-corrected chi connectivity index (χ3v) is 6.79. The van der Waals surface area contributed by atoms with E-state index < -0.39 is 0 Å². The Morgan fingerprint density at radius 2 is 1.63 bits per heavy atom. The van der Waals surface area contributed by atoms with Gasteiger partial charge in [0.2, 0.25) is 0 Å². The minimum absolute atomic E-state index is 0.0135. The van der Waals surface area contributed by atoms with Crippen molar-refractivity contribution < 1.29 is 0 Å². The minimum Gasteiger partial charge on any atom is -0.354 e. The van der Waals surface area contributed by atoms with Crippen LogP contribution < -0.4 is 4.90 Å². The summed E-state index contributed by atoms with van der Waals surface area (Å²) >= 11 is 0. The first-order valence-corrected chi connectivity index (χ1v) is 11.4. The summed E-state index contributed by atoms with van der Waals surface area (Å²) in [6.45, 7) is 11.1. The molecule has 158 valence electrons. The van der Waals surface area contributed by atoms with Crippen LogP contribution in [0.25, 0.3) is 16.8 Å². The Hall–Kier alpha value is -2.40. The molecule has 3 aromatic rings. The van der Waals surface area contributed by atoms with Crippen LogP contribution in [0.1, 0.15) is 52.1 Å². The average Bonchev–Trinajstić information content (AvgIpc) is 3.43. The zero-order chi connectivity index (χ0) is 20.7. The molecule has 0 N–H and O–H groups in total. The van der Waals surface area contributed by atoms with Crippen molar-refractivity contribution in [3.05, 3.63) is 48.3 Å². The van der Waals surface area contributed by atoms with Gasteiger partial charge in [-0.05, 0) is 18.4 Å². The van der Waals surface area contributed by atoms with Crippen molar-refractivity contribution in [2.75, 3.05) is 31.1 Å². The van der Waals surface area contributed by atoms with E-state index in [1.165, 1.54) is 37.1 Å². The summed E-state index contributed by atoms with van der Waals surface area (Å²) in [5.41, 5.74) is 4.35. The second kappa shape index (κ2) is 7.69. The molecule has 1 saturated carbocycles. The smallest absolute Gasteiger partial charge is 0.165 e. The number of rotatable bonds is 3. The van der Waals surface area contributed by atoms with E-state index in [4.69, 9.17) is 10.1 Å². The van der Waals surface area contributed by atoms with Gasteiger partial charge in [0.1, 0.15) is 5.82 Å². The molecule has 0 bridgehead atoms. The van der Waals surface area contributed by atoms with Gasteiger partial charge in [-0.2, -0.15) is 9.61 Å². The zero-order valence-electron chi connectivity index (χ0n) is 18.5. The van der Waals surface area contributed by atoms with Gasteiger partial charge in [0.15, 0.2) is 5.65 Å². The normalized spacial score (nSPS) is 19.1. The van der Waals surface area contributed by atoms with E-state index in [-0.39, 0.29) is 5.41 Å². The molecule has 5 nitrogen and oxygen atoms in total. The first-order chi connectivity index (χ1) is 14.5. The van der Waals surface area contributed by atoms with Crippen molar-refractivity contribution in [1.82, 2.24) is 19.5 Å². The van der Waals surface area contributed by atoms with E-state index in [2.05, 4.69) is 71.5 Å². The van der Waals surface area contributed by atoms with Gasteiger partial charge in [0, 0.05) is 49.3 Å². The van der Waals surface area contributed by atoms with E-state index in [9.17, 15) is 0 Å². The lowest BCUT2D eigenvalue weighted by Gasteiger charge is -2.39. The van der Waals surface area contributed by atoms with Crippen LogP contribution in [0.2, 0.25) is 0 Å². The second-order valence-electron chi connectivity index (χ2n) is 9.87. The van der Waals surface area contributed by atoms with Crippen molar-refractivity contribution in [2.45, 2.75) is 57.9 Å². The number of piperazine rings is 1. The SMILES string of the molecule is CC(C)(C)c1cc(N2CCN(C3CCCC3)CC2)n2ncc(-c3ccccc3)c2n1. The molecule has 2 aliphatic rings. The highest BCUT2D eigenvalue weighted by atomic mass is 15.4. The maximum Gasteiger partial charge on any atom is 0.165 e. The van der Waals surface area contributed by atoms with Crippen LogP contribution in [0.3, 0.4) is 0 Å². The Morgan fingerprint density at radius 1 is 0.933 bits per heavy atom.